The maximum Gasteiger partial charge on any atom is 0.451 e. The summed E-state index contributed by atoms with van der Waals surface area (Å²) in [6.07, 6.45) is -4.34. The zero-order valence-corrected chi connectivity index (χ0v) is 13.9. The molecule has 12 nitrogen and oxygen atoms in total. The molecule has 1 rings (SSSR count). The summed E-state index contributed by atoms with van der Waals surface area (Å²) >= 11 is 0. The Morgan fingerprint density at radius 2 is 0.917 bits per heavy atom. The molecule has 24 heavy (non-hydrogen) atoms. The summed E-state index contributed by atoms with van der Waals surface area (Å²) < 4.78 is 19.0. The van der Waals surface area contributed by atoms with Gasteiger partial charge in [-0.05, 0) is 27.7 Å². The number of rotatable bonds is 6. The smallest absolute Gasteiger partial charge is 0.451 e. The molecule has 3 amide bonds. The van der Waals surface area contributed by atoms with Crippen LogP contribution in [0, 0.1) is 6.41 Å². The van der Waals surface area contributed by atoms with Gasteiger partial charge in [-0.1, -0.05) is 20.5 Å². The molecule has 137 valence electrons. The third-order valence-electron chi connectivity index (χ3n) is 2.44. The average Bonchev–Trinajstić information content (AvgIpc) is 2.47. The minimum atomic E-state index is -1.08. The molecule has 0 aliphatic carbocycles. The third kappa shape index (κ3) is 3.96. The molecule has 0 aromatic carbocycles. The molecule has 0 aromatic heterocycles. The van der Waals surface area contributed by atoms with Gasteiger partial charge in [-0.15, -0.1) is 0 Å². The monoisotopic (exact) mass is 348 g/mol. The van der Waals surface area contributed by atoms with Crippen molar-refractivity contribution in [2.75, 3.05) is 26.4 Å². The lowest BCUT2D eigenvalue weighted by Gasteiger charge is -2.58. The summed E-state index contributed by atoms with van der Waals surface area (Å²) in [6.45, 7) is 6.02. The Bertz CT molecular complexity index is 436. The highest BCUT2D eigenvalue weighted by molar-refractivity contribution is 5.79. The molecule has 1 aliphatic heterocycles. The van der Waals surface area contributed by atoms with Gasteiger partial charge < -0.3 is 24.1 Å². The normalized spacial score (nSPS) is 14.5. The summed E-state index contributed by atoms with van der Waals surface area (Å²) in [6, 6.07) is 0. The van der Waals surface area contributed by atoms with Crippen LogP contribution in [0.4, 0.5) is 14.4 Å². The Kier molecular flexibility index (Phi) is 7.48. The predicted molar refractivity (Wildman–Crippen MR) is 73.3 cm³/mol. The van der Waals surface area contributed by atoms with E-state index in [1.165, 1.54) is 27.7 Å². The van der Waals surface area contributed by atoms with Crippen molar-refractivity contribution in [2.45, 2.75) is 27.7 Å². The average molecular weight is 348 g/mol. The zero-order chi connectivity index (χ0) is 18.3. The highest BCUT2D eigenvalue weighted by Gasteiger charge is 2.56. The van der Waals surface area contributed by atoms with Crippen LogP contribution < -0.4 is 5.11 Å². The number of carbonyl (C=O) groups is 3. The third-order valence-corrected chi connectivity index (χ3v) is 2.44. The van der Waals surface area contributed by atoms with Crippen LogP contribution >= 0.6 is 0 Å². The lowest BCUT2D eigenvalue weighted by Crippen LogP contribution is -2.83. The predicted octanol–water partition coefficient (Wildman–Crippen LogP) is 0.181. The molecule has 0 bridgehead atoms. The number of hydrogen-bond acceptors (Lipinski definition) is 9. The number of ether oxygens (including phenoxy) is 4. The fourth-order valence-electron chi connectivity index (χ4n) is 1.63. The van der Waals surface area contributed by atoms with E-state index in [1.807, 2.05) is 0 Å². The van der Waals surface area contributed by atoms with Crippen molar-refractivity contribution in [3.63, 3.8) is 0 Å². The van der Waals surface area contributed by atoms with Gasteiger partial charge in [0.05, 0.1) is 19.8 Å². The molecule has 0 aromatic rings. The van der Waals surface area contributed by atoms with Crippen molar-refractivity contribution < 1.29 is 38.4 Å². The van der Waals surface area contributed by atoms with Crippen molar-refractivity contribution in [3.8, 4) is 0 Å². The van der Waals surface area contributed by atoms with Crippen molar-refractivity contribution in [2.24, 2.45) is 0 Å². The van der Waals surface area contributed by atoms with Gasteiger partial charge >= 0.3 is 18.3 Å². The fourth-order valence-corrected chi connectivity index (χ4v) is 1.63. The topological polar surface area (TPSA) is 124 Å². The first-order valence-electron chi connectivity index (χ1n) is 7.31. The molecular formula is C12H20N4O8-. The molecule has 1 aliphatic rings. The van der Waals surface area contributed by atoms with Gasteiger partial charge in [0.15, 0.2) is 0 Å². The van der Waals surface area contributed by atoms with E-state index in [0.717, 1.165) is 0 Å². The van der Waals surface area contributed by atoms with Crippen LogP contribution in [-0.4, -0.2) is 65.2 Å². The minimum absolute atomic E-state index is 0.0257. The molecule has 1 fully saturated rings. The Hall–Kier alpha value is -2.31. The summed E-state index contributed by atoms with van der Waals surface area (Å²) in [5, 5.41) is 13.9. The summed E-state index contributed by atoms with van der Waals surface area (Å²) in [5.74, 6) is 0. The molecule has 1 heterocycles. The van der Waals surface area contributed by atoms with E-state index in [1.54, 1.807) is 0 Å². The lowest BCUT2D eigenvalue weighted by atomic mass is 10.8. The Labute approximate surface area is 138 Å². The van der Waals surface area contributed by atoms with E-state index in [0.29, 0.717) is 20.5 Å². The maximum atomic E-state index is 12.0. The van der Waals surface area contributed by atoms with Crippen LogP contribution in [0.5, 0.6) is 0 Å². The lowest BCUT2D eigenvalue weighted by molar-refractivity contribution is -0.560. The number of nitrogens with zero attached hydrogens (tertiary/aromatic N) is 4. The van der Waals surface area contributed by atoms with Gasteiger partial charge in [0.2, 0.25) is 0 Å². The van der Waals surface area contributed by atoms with Crippen LogP contribution in [-0.2, 0) is 18.9 Å². The summed E-state index contributed by atoms with van der Waals surface area (Å²) in [4.78, 5) is 36.0. The van der Waals surface area contributed by atoms with Gasteiger partial charge in [0.25, 0.3) is 0 Å². The Morgan fingerprint density at radius 3 is 1.21 bits per heavy atom. The second-order valence-corrected chi connectivity index (χ2v) is 3.95. The van der Waals surface area contributed by atoms with Crippen molar-refractivity contribution in [3.05, 3.63) is 6.41 Å². The molecule has 12 heteroatoms. The second kappa shape index (κ2) is 9.10. The van der Waals surface area contributed by atoms with Gasteiger partial charge in [-0.3, -0.25) is 0 Å². The quantitative estimate of drug-likeness (QED) is 0.618. The van der Waals surface area contributed by atoms with Crippen LogP contribution in [0.1, 0.15) is 27.7 Å². The standard InChI is InChI=1S/C12H20N4O8/c1-5-21-9(17)13-14(10(18)22-6-2)16(12(20)24-8-4)15(13)11(19)23-7-3/h5-8H2,1-4H3/q-1. The SMILES string of the molecule is CCO[C]([O-])N1N(C(=O)OCC)N(C(=O)OCC)N1C(=O)OCC. The molecule has 0 saturated carbocycles. The van der Waals surface area contributed by atoms with Crippen LogP contribution in [0.15, 0.2) is 0 Å². The first-order valence-corrected chi connectivity index (χ1v) is 7.31. The van der Waals surface area contributed by atoms with E-state index in [-0.39, 0.29) is 26.4 Å². The van der Waals surface area contributed by atoms with Gasteiger partial charge in [-0.25, -0.2) is 14.4 Å². The first kappa shape index (κ1) is 19.7. The van der Waals surface area contributed by atoms with Crippen LogP contribution in [0.3, 0.4) is 0 Å². The van der Waals surface area contributed by atoms with Crippen LogP contribution in [0.2, 0.25) is 0 Å². The second-order valence-electron chi connectivity index (χ2n) is 3.95. The van der Waals surface area contributed by atoms with Gasteiger partial charge in [0.1, 0.15) is 6.41 Å². The molecule has 0 unspecified atom stereocenters. The molecule has 1 saturated heterocycles. The number of hydrogen-bond donors (Lipinski definition) is 0. The van der Waals surface area contributed by atoms with E-state index < -0.39 is 24.7 Å². The van der Waals surface area contributed by atoms with Gasteiger partial charge in [-0.2, -0.15) is 0 Å². The molecule has 0 atom stereocenters. The molecule has 1 radical (unpaired) electrons. The fraction of sp³-hybridized carbons (Fsp3) is 0.667. The molecule has 0 N–H and O–H groups in total. The van der Waals surface area contributed by atoms with E-state index in [4.69, 9.17) is 18.9 Å². The Balaban J connectivity index is 3.13. The highest BCUT2D eigenvalue weighted by atomic mass is 16.7. The zero-order valence-electron chi connectivity index (χ0n) is 13.9. The van der Waals surface area contributed by atoms with E-state index >= 15 is 0 Å². The van der Waals surface area contributed by atoms with Gasteiger partial charge in [0, 0.05) is 6.61 Å². The van der Waals surface area contributed by atoms with Crippen molar-refractivity contribution >= 4 is 18.3 Å². The molecular weight excluding hydrogens is 328 g/mol. The van der Waals surface area contributed by atoms with Crippen molar-refractivity contribution in [1.82, 2.24) is 20.5 Å². The Morgan fingerprint density at radius 1 is 0.625 bits per heavy atom. The number of hydrazine groups is 4. The van der Waals surface area contributed by atoms with E-state index in [2.05, 4.69) is 0 Å². The number of carbonyl (C=O) groups excluding carboxylic acids is 3. The molecule has 0 spiro atoms. The minimum Gasteiger partial charge on any atom is -0.811 e. The maximum absolute atomic E-state index is 12.0. The highest BCUT2D eigenvalue weighted by Crippen LogP contribution is 2.30. The summed E-state index contributed by atoms with van der Waals surface area (Å²) in [5.41, 5.74) is 0. The summed E-state index contributed by atoms with van der Waals surface area (Å²) in [7, 11) is 0. The number of amides is 3. The largest absolute Gasteiger partial charge is 0.811 e. The van der Waals surface area contributed by atoms with E-state index in [9.17, 15) is 19.5 Å². The first-order chi connectivity index (χ1) is 11.4. The van der Waals surface area contributed by atoms with Crippen molar-refractivity contribution in [1.29, 1.82) is 0 Å². The van der Waals surface area contributed by atoms with Crippen LogP contribution in [0.25, 0.3) is 0 Å².